The molecule has 0 spiro atoms. The van der Waals surface area contributed by atoms with Gasteiger partial charge in [-0.05, 0) is 42.3 Å². The number of ether oxygens (including phenoxy) is 2. The highest BCUT2D eigenvalue weighted by molar-refractivity contribution is 5.94. The summed E-state index contributed by atoms with van der Waals surface area (Å²) in [6.07, 6.45) is 0. The van der Waals surface area contributed by atoms with Crippen LogP contribution >= 0.6 is 0 Å². The van der Waals surface area contributed by atoms with Crippen molar-refractivity contribution in [1.82, 2.24) is 14.7 Å². The maximum atomic E-state index is 13.1. The zero-order valence-corrected chi connectivity index (χ0v) is 18.5. The van der Waals surface area contributed by atoms with E-state index < -0.39 is 0 Å². The highest BCUT2D eigenvalue weighted by Gasteiger charge is 2.22. The van der Waals surface area contributed by atoms with Gasteiger partial charge in [-0.3, -0.25) is 14.6 Å². The molecule has 0 unspecified atom stereocenters. The maximum absolute atomic E-state index is 13.1. The van der Waals surface area contributed by atoms with Gasteiger partial charge in [-0.15, -0.1) is 0 Å². The second-order valence-electron chi connectivity index (χ2n) is 8.23. The molecule has 4 rings (SSSR count). The fourth-order valence-corrected chi connectivity index (χ4v) is 4.23. The number of amides is 1. The van der Waals surface area contributed by atoms with Crippen LogP contribution in [0, 0.1) is 0 Å². The molecule has 0 saturated carbocycles. The van der Waals surface area contributed by atoms with E-state index in [4.69, 9.17) is 9.47 Å². The van der Waals surface area contributed by atoms with E-state index in [-0.39, 0.29) is 5.91 Å². The van der Waals surface area contributed by atoms with E-state index in [1.165, 1.54) is 11.1 Å². The summed E-state index contributed by atoms with van der Waals surface area (Å²) in [7, 11) is 0. The van der Waals surface area contributed by atoms with Gasteiger partial charge in [-0.2, -0.15) is 0 Å². The first-order chi connectivity index (χ1) is 15.2. The molecule has 31 heavy (non-hydrogen) atoms. The molecule has 0 atom stereocenters. The quantitative estimate of drug-likeness (QED) is 0.685. The van der Waals surface area contributed by atoms with E-state index in [1.54, 1.807) is 0 Å². The van der Waals surface area contributed by atoms with Gasteiger partial charge >= 0.3 is 0 Å². The standard InChI is InChI=1S/C25H33N3O3/c1-2-31-24-8-6-21(7-9-24)19-26-10-12-28(13-11-26)25(29)23-5-3-4-22(18-23)20-27-14-16-30-17-15-27/h3-9,18H,2,10-17,19-20H2,1H3. The monoisotopic (exact) mass is 423 g/mol. The van der Waals surface area contributed by atoms with Crippen molar-refractivity contribution in [2.75, 3.05) is 59.1 Å². The molecule has 166 valence electrons. The summed E-state index contributed by atoms with van der Waals surface area (Å²) in [5.41, 5.74) is 3.27. The number of piperazine rings is 1. The van der Waals surface area contributed by atoms with Crippen LogP contribution in [0.2, 0.25) is 0 Å². The number of hydrogen-bond acceptors (Lipinski definition) is 5. The Morgan fingerprint density at radius 2 is 1.55 bits per heavy atom. The van der Waals surface area contributed by atoms with E-state index in [0.717, 1.165) is 76.9 Å². The summed E-state index contributed by atoms with van der Waals surface area (Å²) in [6, 6.07) is 16.4. The van der Waals surface area contributed by atoms with E-state index in [1.807, 2.05) is 36.1 Å². The van der Waals surface area contributed by atoms with Crippen LogP contribution in [0.1, 0.15) is 28.4 Å². The van der Waals surface area contributed by atoms with Crippen LogP contribution in [-0.4, -0.2) is 79.7 Å². The predicted molar refractivity (Wildman–Crippen MR) is 121 cm³/mol. The van der Waals surface area contributed by atoms with Gasteiger partial charge in [0.1, 0.15) is 5.75 Å². The molecule has 2 aromatic rings. The van der Waals surface area contributed by atoms with Crippen LogP contribution in [0.4, 0.5) is 0 Å². The summed E-state index contributed by atoms with van der Waals surface area (Å²) in [5, 5.41) is 0. The molecule has 0 aromatic heterocycles. The Morgan fingerprint density at radius 3 is 2.26 bits per heavy atom. The highest BCUT2D eigenvalue weighted by atomic mass is 16.5. The van der Waals surface area contributed by atoms with Crippen molar-refractivity contribution in [2.45, 2.75) is 20.0 Å². The average molecular weight is 424 g/mol. The zero-order chi connectivity index (χ0) is 21.5. The van der Waals surface area contributed by atoms with Crippen molar-refractivity contribution in [1.29, 1.82) is 0 Å². The predicted octanol–water partition coefficient (Wildman–Crippen LogP) is 2.88. The van der Waals surface area contributed by atoms with Gasteiger partial charge in [0, 0.05) is 57.9 Å². The summed E-state index contributed by atoms with van der Waals surface area (Å²) < 4.78 is 10.9. The van der Waals surface area contributed by atoms with Crippen LogP contribution in [-0.2, 0) is 17.8 Å². The lowest BCUT2D eigenvalue weighted by molar-refractivity contribution is 0.0341. The first kappa shape index (κ1) is 21.8. The largest absolute Gasteiger partial charge is 0.494 e. The number of nitrogens with zero attached hydrogens (tertiary/aromatic N) is 3. The molecule has 1 amide bonds. The second-order valence-corrected chi connectivity index (χ2v) is 8.23. The van der Waals surface area contributed by atoms with Gasteiger partial charge in [0.05, 0.1) is 19.8 Å². The number of carbonyl (C=O) groups is 1. The third-order valence-corrected chi connectivity index (χ3v) is 5.98. The normalized spacial score (nSPS) is 18.2. The zero-order valence-electron chi connectivity index (χ0n) is 18.5. The molecular formula is C25H33N3O3. The van der Waals surface area contributed by atoms with Crippen molar-refractivity contribution in [2.24, 2.45) is 0 Å². The molecule has 0 N–H and O–H groups in total. The molecule has 6 nitrogen and oxygen atoms in total. The second kappa shape index (κ2) is 10.8. The van der Waals surface area contributed by atoms with Crippen LogP contribution in [0.5, 0.6) is 5.75 Å². The van der Waals surface area contributed by atoms with E-state index in [9.17, 15) is 4.79 Å². The minimum atomic E-state index is 0.143. The van der Waals surface area contributed by atoms with Crippen molar-refractivity contribution < 1.29 is 14.3 Å². The Hall–Kier alpha value is -2.41. The lowest BCUT2D eigenvalue weighted by Crippen LogP contribution is -2.48. The minimum Gasteiger partial charge on any atom is -0.494 e. The van der Waals surface area contributed by atoms with Gasteiger partial charge in [0.2, 0.25) is 0 Å². The van der Waals surface area contributed by atoms with Gasteiger partial charge in [0.15, 0.2) is 0 Å². The van der Waals surface area contributed by atoms with Crippen LogP contribution in [0.15, 0.2) is 48.5 Å². The van der Waals surface area contributed by atoms with E-state index in [0.29, 0.717) is 6.61 Å². The molecule has 2 aromatic carbocycles. The highest BCUT2D eigenvalue weighted by Crippen LogP contribution is 2.17. The Balaban J connectivity index is 1.28. The van der Waals surface area contributed by atoms with E-state index >= 15 is 0 Å². The number of hydrogen-bond donors (Lipinski definition) is 0. The third-order valence-electron chi connectivity index (χ3n) is 5.98. The first-order valence-corrected chi connectivity index (χ1v) is 11.3. The molecule has 0 bridgehead atoms. The smallest absolute Gasteiger partial charge is 0.253 e. The molecule has 2 aliphatic rings. The fraction of sp³-hybridized carbons (Fsp3) is 0.480. The van der Waals surface area contributed by atoms with Gasteiger partial charge in [-0.1, -0.05) is 24.3 Å². The maximum Gasteiger partial charge on any atom is 0.253 e. The molecule has 2 fully saturated rings. The average Bonchev–Trinajstić information content (AvgIpc) is 2.81. The molecule has 6 heteroatoms. The molecule has 2 aliphatic heterocycles. The Kier molecular flexibility index (Phi) is 7.57. The minimum absolute atomic E-state index is 0.143. The van der Waals surface area contributed by atoms with Crippen molar-refractivity contribution in [3.05, 3.63) is 65.2 Å². The summed E-state index contributed by atoms with van der Waals surface area (Å²) >= 11 is 0. The molecule has 0 aliphatic carbocycles. The topological polar surface area (TPSA) is 45.2 Å². The van der Waals surface area contributed by atoms with Crippen molar-refractivity contribution in [3.8, 4) is 5.75 Å². The number of rotatable bonds is 7. The number of morpholine rings is 1. The first-order valence-electron chi connectivity index (χ1n) is 11.3. The fourth-order valence-electron chi connectivity index (χ4n) is 4.23. The SMILES string of the molecule is CCOc1ccc(CN2CCN(C(=O)c3cccc(CN4CCOCC4)c3)CC2)cc1. The molecular weight excluding hydrogens is 390 g/mol. The number of carbonyl (C=O) groups excluding carboxylic acids is 1. The number of benzene rings is 2. The lowest BCUT2D eigenvalue weighted by atomic mass is 10.1. The molecule has 2 heterocycles. The molecule has 0 radical (unpaired) electrons. The van der Waals surface area contributed by atoms with Crippen LogP contribution in [0.25, 0.3) is 0 Å². The van der Waals surface area contributed by atoms with Crippen molar-refractivity contribution in [3.63, 3.8) is 0 Å². The third kappa shape index (κ3) is 6.06. The Labute approximate surface area is 185 Å². The van der Waals surface area contributed by atoms with Gasteiger partial charge < -0.3 is 14.4 Å². The van der Waals surface area contributed by atoms with Gasteiger partial charge in [0.25, 0.3) is 5.91 Å². The van der Waals surface area contributed by atoms with E-state index in [2.05, 4.69) is 34.1 Å². The Bertz CT molecular complexity index is 841. The van der Waals surface area contributed by atoms with Crippen LogP contribution in [0.3, 0.4) is 0 Å². The lowest BCUT2D eigenvalue weighted by Gasteiger charge is -2.35. The summed E-state index contributed by atoms with van der Waals surface area (Å²) in [4.78, 5) is 19.8. The molecule has 2 saturated heterocycles. The van der Waals surface area contributed by atoms with Crippen molar-refractivity contribution >= 4 is 5.91 Å². The summed E-state index contributed by atoms with van der Waals surface area (Å²) in [6.45, 7) is 11.3. The Morgan fingerprint density at radius 1 is 0.871 bits per heavy atom. The van der Waals surface area contributed by atoms with Crippen LogP contribution < -0.4 is 4.74 Å². The summed E-state index contributed by atoms with van der Waals surface area (Å²) in [5.74, 6) is 1.06. The van der Waals surface area contributed by atoms with Gasteiger partial charge in [-0.25, -0.2) is 0 Å².